The Morgan fingerprint density at radius 3 is 2.86 bits per heavy atom. The highest BCUT2D eigenvalue weighted by Gasteiger charge is 2.26. The van der Waals surface area contributed by atoms with Gasteiger partial charge in [0.25, 0.3) is 0 Å². The Morgan fingerprint density at radius 2 is 2.27 bits per heavy atom. The van der Waals surface area contributed by atoms with Gasteiger partial charge in [-0.25, -0.2) is 0 Å². The fraction of sp³-hybridized carbons (Fsp3) is 0.750. The van der Waals surface area contributed by atoms with Crippen LogP contribution in [-0.2, 0) is 7.05 Å². The van der Waals surface area contributed by atoms with Gasteiger partial charge >= 0.3 is 0 Å². The second-order valence-electron chi connectivity index (χ2n) is 6.39. The summed E-state index contributed by atoms with van der Waals surface area (Å²) in [5.41, 5.74) is 1.34. The van der Waals surface area contributed by atoms with Gasteiger partial charge in [-0.2, -0.15) is 5.10 Å². The van der Waals surface area contributed by atoms with E-state index in [9.17, 15) is 0 Å². The van der Waals surface area contributed by atoms with Gasteiger partial charge in [-0.15, -0.1) is 24.0 Å². The Balaban J connectivity index is 0.00000242. The van der Waals surface area contributed by atoms with Gasteiger partial charge in [0.1, 0.15) is 0 Å². The zero-order valence-electron chi connectivity index (χ0n) is 14.2. The number of aliphatic imine (C=N–C) groups is 1. The summed E-state index contributed by atoms with van der Waals surface area (Å²) in [5.74, 6) is 2.40. The first kappa shape index (κ1) is 19.3. The number of hydrogen-bond donors (Lipinski definition) is 1. The molecule has 1 unspecified atom stereocenters. The third-order valence-corrected chi connectivity index (χ3v) is 4.14. The Labute approximate surface area is 151 Å². The maximum atomic E-state index is 4.43. The molecule has 1 aliphatic rings. The molecule has 1 aromatic heterocycles. The van der Waals surface area contributed by atoms with E-state index in [0.717, 1.165) is 31.5 Å². The van der Waals surface area contributed by atoms with Crippen molar-refractivity contribution in [3.8, 4) is 0 Å². The van der Waals surface area contributed by atoms with E-state index in [4.69, 9.17) is 0 Å². The average molecular weight is 419 g/mol. The molecule has 0 aromatic carbocycles. The van der Waals surface area contributed by atoms with Crippen LogP contribution >= 0.6 is 24.0 Å². The first-order chi connectivity index (χ1) is 10.1. The molecule has 1 N–H and O–H groups in total. The number of nitrogens with one attached hydrogen (secondary N) is 1. The fourth-order valence-electron chi connectivity index (χ4n) is 2.92. The number of aromatic nitrogens is 2. The van der Waals surface area contributed by atoms with E-state index in [0.29, 0.717) is 5.92 Å². The first-order valence-electron chi connectivity index (χ1n) is 8.04. The van der Waals surface area contributed by atoms with Gasteiger partial charge in [-0.05, 0) is 30.7 Å². The molecular weight excluding hydrogens is 389 g/mol. The summed E-state index contributed by atoms with van der Waals surface area (Å²) in [6, 6.07) is 0. The molecule has 0 radical (unpaired) electrons. The lowest BCUT2D eigenvalue weighted by Crippen LogP contribution is -2.40. The SMILES string of the molecule is CN=C(NCCCC(C)C)N1CCC(c2cnn(C)c2)C1.I. The lowest BCUT2D eigenvalue weighted by atomic mass is 10.0. The molecule has 1 atom stereocenters. The van der Waals surface area contributed by atoms with Crippen LogP contribution in [0, 0.1) is 5.92 Å². The van der Waals surface area contributed by atoms with Crippen molar-refractivity contribution >= 4 is 29.9 Å². The highest BCUT2D eigenvalue weighted by atomic mass is 127. The number of aryl methyl sites for hydroxylation is 1. The number of nitrogens with zero attached hydrogens (tertiary/aromatic N) is 4. The predicted molar refractivity (Wildman–Crippen MR) is 103 cm³/mol. The zero-order chi connectivity index (χ0) is 15.2. The molecule has 0 saturated carbocycles. The summed E-state index contributed by atoms with van der Waals surface area (Å²) in [4.78, 5) is 6.80. The molecule has 0 amide bonds. The zero-order valence-corrected chi connectivity index (χ0v) is 16.6. The highest BCUT2D eigenvalue weighted by molar-refractivity contribution is 14.0. The van der Waals surface area contributed by atoms with Crippen LogP contribution in [0.15, 0.2) is 17.4 Å². The average Bonchev–Trinajstić information content (AvgIpc) is 3.07. The van der Waals surface area contributed by atoms with Crippen LogP contribution in [0.4, 0.5) is 0 Å². The second kappa shape index (κ2) is 9.37. The Bertz CT molecular complexity index is 469. The van der Waals surface area contributed by atoms with Crippen LogP contribution in [0.5, 0.6) is 0 Å². The van der Waals surface area contributed by atoms with Crippen molar-refractivity contribution in [2.24, 2.45) is 18.0 Å². The summed E-state index contributed by atoms with van der Waals surface area (Å²) in [5, 5.41) is 7.78. The molecule has 1 fully saturated rings. The predicted octanol–water partition coefficient (Wildman–Crippen LogP) is 2.84. The van der Waals surface area contributed by atoms with E-state index >= 15 is 0 Å². The minimum Gasteiger partial charge on any atom is -0.356 e. The van der Waals surface area contributed by atoms with E-state index in [1.807, 2.05) is 25.0 Å². The quantitative estimate of drug-likeness (QED) is 0.346. The Kier molecular flexibility index (Phi) is 8.20. The van der Waals surface area contributed by atoms with Gasteiger partial charge in [0.2, 0.25) is 0 Å². The van der Waals surface area contributed by atoms with Gasteiger partial charge < -0.3 is 10.2 Å². The van der Waals surface area contributed by atoms with Crippen molar-refractivity contribution in [1.82, 2.24) is 20.0 Å². The number of halogens is 1. The van der Waals surface area contributed by atoms with Crippen molar-refractivity contribution < 1.29 is 0 Å². The second-order valence-corrected chi connectivity index (χ2v) is 6.39. The van der Waals surface area contributed by atoms with Crippen molar-refractivity contribution in [3.63, 3.8) is 0 Å². The van der Waals surface area contributed by atoms with Crippen LogP contribution in [0.25, 0.3) is 0 Å². The van der Waals surface area contributed by atoms with E-state index in [-0.39, 0.29) is 24.0 Å². The summed E-state index contributed by atoms with van der Waals surface area (Å²) in [6.45, 7) is 7.67. The lowest BCUT2D eigenvalue weighted by Gasteiger charge is -2.21. The van der Waals surface area contributed by atoms with E-state index < -0.39 is 0 Å². The van der Waals surface area contributed by atoms with Gasteiger partial charge in [0, 0.05) is 45.8 Å². The first-order valence-corrected chi connectivity index (χ1v) is 8.04. The van der Waals surface area contributed by atoms with Crippen molar-refractivity contribution in [2.45, 2.75) is 39.0 Å². The van der Waals surface area contributed by atoms with E-state index in [1.54, 1.807) is 0 Å². The van der Waals surface area contributed by atoms with Crippen LogP contribution in [0.2, 0.25) is 0 Å². The number of likely N-dealkylation sites (tertiary alicyclic amines) is 1. The van der Waals surface area contributed by atoms with Crippen molar-refractivity contribution in [1.29, 1.82) is 0 Å². The van der Waals surface area contributed by atoms with Gasteiger partial charge in [-0.1, -0.05) is 13.8 Å². The number of rotatable bonds is 5. The number of guanidine groups is 1. The molecule has 0 aliphatic carbocycles. The molecule has 1 saturated heterocycles. The molecule has 0 bridgehead atoms. The highest BCUT2D eigenvalue weighted by Crippen LogP contribution is 2.26. The van der Waals surface area contributed by atoms with Crippen LogP contribution < -0.4 is 5.32 Å². The summed E-state index contributed by atoms with van der Waals surface area (Å²) in [7, 11) is 3.85. The summed E-state index contributed by atoms with van der Waals surface area (Å²) < 4.78 is 1.89. The third kappa shape index (κ3) is 5.44. The largest absolute Gasteiger partial charge is 0.356 e. The molecular formula is C16H30IN5. The monoisotopic (exact) mass is 419 g/mol. The fourth-order valence-corrected chi connectivity index (χ4v) is 2.92. The number of hydrogen-bond acceptors (Lipinski definition) is 2. The minimum atomic E-state index is 0. The molecule has 2 rings (SSSR count). The normalized spacial score (nSPS) is 18.7. The van der Waals surface area contributed by atoms with Gasteiger partial charge in [-0.3, -0.25) is 9.67 Å². The molecule has 1 aliphatic heterocycles. The van der Waals surface area contributed by atoms with Crippen LogP contribution in [0.3, 0.4) is 0 Å². The topological polar surface area (TPSA) is 45.5 Å². The summed E-state index contributed by atoms with van der Waals surface area (Å²) in [6.07, 6.45) is 7.78. The van der Waals surface area contributed by atoms with Crippen molar-refractivity contribution in [2.75, 3.05) is 26.7 Å². The minimum absolute atomic E-state index is 0. The van der Waals surface area contributed by atoms with Gasteiger partial charge in [0.15, 0.2) is 5.96 Å². The van der Waals surface area contributed by atoms with Crippen LogP contribution in [0.1, 0.15) is 44.6 Å². The molecule has 2 heterocycles. The molecule has 5 nitrogen and oxygen atoms in total. The van der Waals surface area contributed by atoms with Crippen LogP contribution in [-0.4, -0.2) is 47.3 Å². The Morgan fingerprint density at radius 1 is 1.50 bits per heavy atom. The Hall–Kier alpha value is -0.790. The molecule has 0 spiro atoms. The lowest BCUT2D eigenvalue weighted by molar-refractivity contribution is 0.478. The smallest absolute Gasteiger partial charge is 0.193 e. The molecule has 126 valence electrons. The van der Waals surface area contributed by atoms with Crippen molar-refractivity contribution in [3.05, 3.63) is 18.0 Å². The van der Waals surface area contributed by atoms with Gasteiger partial charge in [0.05, 0.1) is 6.20 Å². The molecule has 1 aromatic rings. The van der Waals surface area contributed by atoms with E-state index in [1.165, 1.54) is 24.8 Å². The maximum absolute atomic E-state index is 4.43. The molecule has 6 heteroatoms. The van der Waals surface area contributed by atoms with E-state index in [2.05, 4.69) is 40.4 Å². The molecule has 22 heavy (non-hydrogen) atoms. The third-order valence-electron chi connectivity index (χ3n) is 4.14. The summed E-state index contributed by atoms with van der Waals surface area (Å²) >= 11 is 0. The standard InChI is InChI=1S/C16H29N5.HI/c1-13(2)6-5-8-18-16(17-3)21-9-7-14(12-21)15-10-19-20(4)11-15;/h10-11,13-14H,5-9,12H2,1-4H3,(H,17,18);1H. The maximum Gasteiger partial charge on any atom is 0.193 e.